The van der Waals surface area contributed by atoms with Gasteiger partial charge in [-0.15, -0.1) is 22.7 Å². The lowest BCUT2D eigenvalue weighted by molar-refractivity contribution is -0.119. The number of carbonyl (C=O) groups is 1. The van der Waals surface area contributed by atoms with Crippen LogP contribution < -0.4 is 5.32 Å². The lowest BCUT2D eigenvalue weighted by atomic mass is 10.2. The summed E-state index contributed by atoms with van der Waals surface area (Å²) in [6, 6.07) is 14.4. The first kappa shape index (κ1) is 14.9. The second kappa shape index (κ2) is 6.42. The van der Waals surface area contributed by atoms with Gasteiger partial charge in [-0.05, 0) is 19.1 Å². The molecule has 0 bridgehead atoms. The van der Waals surface area contributed by atoms with E-state index in [9.17, 15) is 4.79 Å². The molecule has 0 aliphatic rings. The largest absolute Gasteiger partial charge is 0.351 e. The van der Waals surface area contributed by atoms with Gasteiger partial charge in [0.05, 0.1) is 17.1 Å². The van der Waals surface area contributed by atoms with Crippen LogP contribution in [0.15, 0.2) is 42.5 Å². The van der Waals surface area contributed by atoms with Crippen molar-refractivity contribution in [1.82, 2.24) is 10.3 Å². The third-order valence-corrected chi connectivity index (χ3v) is 5.34. The molecular weight excluding hydrogens is 312 g/mol. The van der Waals surface area contributed by atoms with Crippen molar-refractivity contribution in [1.29, 1.82) is 0 Å². The van der Waals surface area contributed by atoms with Crippen LogP contribution in [0.25, 0.3) is 21.1 Å². The third-order valence-electron chi connectivity index (χ3n) is 3.22. The highest BCUT2D eigenvalue weighted by Crippen LogP contribution is 2.36. The highest BCUT2D eigenvalue weighted by molar-refractivity contribution is 7.17. The minimum absolute atomic E-state index is 0.00819. The molecule has 0 aliphatic heterocycles. The molecule has 3 nitrogen and oxygen atoms in total. The van der Waals surface area contributed by atoms with E-state index in [0.717, 1.165) is 26.0 Å². The molecule has 1 N–H and O–H groups in total. The van der Waals surface area contributed by atoms with Gasteiger partial charge in [-0.25, -0.2) is 4.98 Å². The van der Waals surface area contributed by atoms with E-state index in [1.807, 2.05) is 18.2 Å². The maximum Gasteiger partial charge on any atom is 0.217 e. The van der Waals surface area contributed by atoms with Crippen molar-refractivity contribution >= 4 is 28.6 Å². The van der Waals surface area contributed by atoms with E-state index in [0.29, 0.717) is 6.54 Å². The van der Waals surface area contributed by atoms with E-state index in [-0.39, 0.29) is 5.91 Å². The zero-order valence-corrected chi connectivity index (χ0v) is 14.1. The number of carbonyl (C=O) groups excluding carboxylic acids is 1. The van der Waals surface area contributed by atoms with Gasteiger partial charge in [-0.2, -0.15) is 0 Å². The van der Waals surface area contributed by atoms with Gasteiger partial charge in [0.25, 0.3) is 0 Å². The molecule has 0 unspecified atom stereocenters. The molecule has 1 aromatic carbocycles. The van der Waals surface area contributed by atoms with E-state index >= 15 is 0 Å². The van der Waals surface area contributed by atoms with Crippen LogP contribution in [0.2, 0.25) is 0 Å². The van der Waals surface area contributed by atoms with E-state index < -0.39 is 0 Å². The standard InChI is InChI=1S/C17H16N2OS2/c1-11-16(15-9-8-14(22-15)10-18-12(2)20)19-17(21-11)13-6-4-3-5-7-13/h3-9H,10H2,1-2H3,(H,18,20). The lowest BCUT2D eigenvalue weighted by Crippen LogP contribution is -2.17. The number of thiophene rings is 1. The number of nitrogens with zero attached hydrogens (tertiary/aromatic N) is 1. The molecule has 22 heavy (non-hydrogen) atoms. The normalized spacial score (nSPS) is 10.6. The van der Waals surface area contributed by atoms with Crippen LogP contribution in [-0.4, -0.2) is 10.9 Å². The van der Waals surface area contributed by atoms with Crippen LogP contribution in [0.1, 0.15) is 16.7 Å². The van der Waals surface area contributed by atoms with Crippen molar-refractivity contribution in [3.63, 3.8) is 0 Å². The summed E-state index contributed by atoms with van der Waals surface area (Å²) in [6.07, 6.45) is 0. The lowest BCUT2D eigenvalue weighted by Gasteiger charge is -1.97. The maximum atomic E-state index is 11.0. The first-order valence-electron chi connectivity index (χ1n) is 7.00. The molecule has 0 atom stereocenters. The molecule has 0 saturated heterocycles. The summed E-state index contributed by atoms with van der Waals surface area (Å²) in [7, 11) is 0. The molecule has 0 spiro atoms. The molecule has 0 radical (unpaired) electrons. The van der Waals surface area contributed by atoms with Crippen molar-refractivity contribution in [2.24, 2.45) is 0 Å². The highest BCUT2D eigenvalue weighted by Gasteiger charge is 2.13. The van der Waals surface area contributed by atoms with Gasteiger partial charge in [0.15, 0.2) is 0 Å². The highest BCUT2D eigenvalue weighted by atomic mass is 32.1. The van der Waals surface area contributed by atoms with Crippen molar-refractivity contribution in [2.75, 3.05) is 0 Å². The van der Waals surface area contributed by atoms with E-state index in [4.69, 9.17) is 4.98 Å². The summed E-state index contributed by atoms with van der Waals surface area (Å²) in [4.78, 5) is 19.3. The number of benzene rings is 1. The molecule has 0 fully saturated rings. The summed E-state index contributed by atoms with van der Waals surface area (Å²) in [5.74, 6) is -0.00819. The molecule has 1 amide bonds. The Balaban J connectivity index is 1.86. The van der Waals surface area contributed by atoms with Crippen LogP contribution in [0.3, 0.4) is 0 Å². The summed E-state index contributed by atoms with van der Waals surface area (Å²) < 4.78 is 0. The Morgan fingerprint density at radius 1 is 1.14 bits per heavy atom. The number of aryl methyl sites for hydroxylation is 1. The second-order valence-corrected chi connectivity index (χ2v) is 7.34. The molecule has 3 aromatic rings. The monoisotopic (exact) mass is 328 g/mol. The van der Waals surface area contributed by atoms with Gasteiger partial charge >= 0.3 is 0 Å². The number of thiazole rings is 1. The van der Waals surface area contributed by atoms with Crippen molar-refractivity contribution < 1.29 is 4.79 Å². The quantitative estimate of drug-likeness (QED) is 0.767. The number of hydrogen-bond acceptors (Lipinski definition) is 4. The average Bonchev–Trinajstić information content (AvgIpc) is 3.12. The zero-order chi connectivity index (χ0) is 15.5. The number of rotatable bonds is 4. The molecule has 0 aliphatic carbocycles. The molecule has 3 rings (SSSR count). The summed E-state index contributed by atoms with van der Waals surface area (Å²) >= 11 is 3.40. The van der Waals surface area contributed by atoms with Gasteiger partial charge in [0, 0.05) is 22.2 Å². The van der Waals surface area contributed by atoms with Crippen molar-refractivity contribution in [3.05, 3.63) is 52.2 Å². The Morgan fingerprint density at radius 2 is 1.91 bits per heavy atom. The van der Waals surface area contributed by atoms with Gasteiger partial charge in [-0.3, -0.25) is 4.79 Å². The van der Waals surface area contributed by atoms with E-state index in [1.54, 1.807) is 22.7 Å². The van der Waals surface area contributed by atoms with Crippen molar-refractivity contribution in [3.8, 4) is 21.1 Å². The van der Waals surface area contributed by atoms with Gasteiger partial charge in [0.1, 0.15) is 5.01 Å². The predicted molar refractivity (Wildman–Crippen MR) is 93.1 cm³/mol. The molecule has 2 aromatic heterocycles. The average molecular weight is 328 g/mol. The minimum atomic E-state index is -0.00819. The molecule has 112 valence electrons. The fraction of sp³-hybridized carbons (Fsp3) is 0.176. The van der Waals surface area contributed by atoms with Crippen LogP contribution in [-0.2, 0) is 11.3 Å². The summed E-state index contributed by atoms with van der Waals surface area (Å²) in [5.41, 5.74) is 2.19. The zero-order valence-electron chi connectivity index (χ0n) is 12.4. The van der Waals surface area contributed by atoms with Crippen LogP contribution in [0.4, 0.5) is 0 Å². The Labute approximate surface area is 137 Å². The van der Waals surface area contributed by atoms with Crippen LogP contribution >= 0.6 is 22.7 Å². The molecule has 2 heterocycles. The maximum absolute atomic E-state index is 11.0. The predicted octanol–water partition coefficient (Wildman–Crippen LogP) is 4.48. The van der Waals surface area contributed by atoms with Crippen molar-refractivity contribution in [2.45, 2.75) is 20.4 Å². The second-order valence-electron chi connectivity index (χ2n) is 4.97. The third kappa shape index (κ3) is 3.26. The smallest absolute Gasteiger partial charge is 0.217 e. The fourth-order valence-electron chi connectivity index (χ4n) is 2.14. The Bertz CT molecular complexity index is 790. The molecule has 0 saturated carbocycles. The SMILES string of the molecule is CC(=O)NCc1ccc(-c2nc(-c3ccccc3)sc2C)s1. The van der Waals surface area contributed by atoms with Crippen LogP contribution in [0, 0.1) is 6.92 Å². The summed E-state index contributed by atoms with van der Waals surface area (Å²) in [5, 5.41) is 3.87. The topological polar surface area (TPSA) is 42.0 Å². The van der Waals surface area contributed by atoms with Gasteiger partial charge in [0.2, 0.25) is 5.91 Å². The first-order valence-corrected chi connectivity index (χ1v) is 8.63. The van der Waals surface area contributed by atoms with Crippen LogP contribution in [0.5, 0.6) is 0 Å². The van der Waals surface area contributed by atoms with E-state index in [1.165, 1.54) is 11.8 Å². The number of aromatic nitrogens is 1. The molecular formula is C17H16N2OS2. The van der Waals surface area contributed by atoms with E-state index in [2.05, 4.69) is 36.5 Å². The van der Waals surface area contributed by atoms with Gasteiger partial charge < -0.3 is 5.32 Å². The Morgan fingerprint density at radius 3 is 2.64 bits per heavy atom. The number of hydrogen-bond donors (Lipinski definition) is 1. The number of nitrogens with one attached hydrogen (secondary N) is 1. The van der Waals surface area contributed by atoms with Gasteiger partial charge in [-0.1, -0.05) is 30.3 Å². The fourth-order valence-corrected chi connectivity index (χ4v) is 4.13. The molecule has 5 heteroatoms. The minimum Gasteiger partial charge on any atom is -0.351 e. The first-order chi connectivity index (χ1) is 10.6. The Hall–Kier alpha value is -1.98. The summed E-state index contributed by atoms with van der Waals surface area (Å²) in [6.45, 7) is 4.21. The number of amides is 1. The Kier molecular flexibility index (Phi) is 4.36.